The van der Waals surface area contributed by atoms with Crippen molar-refractivity contribution in [1.29, 1.82) is 0 Å². The molecule has 0 radical (unpaired) electrons. The fourth-order valence-electron chi connectivity index (χ4n) is 4.09. The number of allylic oxidation sites excluding steroid dienone is 1. The minimum atomic E-state index is -0.713. The molecule has 1 aromatic heterocycles. The van der Waals surface area contributed by atoms with Crippen molar-refractivity contribution in [3.63, 3.8) is 0 Å². The van der Waals surface area contributed by atoms with Gasteiger partial charge in [-0.2, -0.15) is 0 Å². The highest BCUT2D eigenvalue weighted by Gasteiger charge is 2.33. The number of carbonyl (C=O) groups is 1. The van der Waals surface area contributed by atoms with Crippen molar-refractivity contribution in [1.82, 2.24) is 4.57 Å². The number of rotatable bonds is 8. The Balaban J connectivity index is 1.87. The highest BCUT2D eigenvalue weighted by atomic mass is 35.5. The van der Waals surface area contributed by atoms with Crippen LogP contribution in [0.15, 0.2) is 63.5 Å². The normalized spacial score (nSPS) is 15.1. The van der Waals surface area contributed by atoms with E-state index in [0.29, 0.717) is 43.7 Å². The lowest BCUT2D eigenvalue weighted by Gasteiger charge is -2.25. The Hall–Kier alpha value is -3.80. The molecule has 9 heteroatoms. The summed E-state index contributed by atoms with van der Waals surface area (Å²) < 4.78 is 18.8. The number of fused-ring (bicyclic) bond motifs is 1. The van der Waals surface area contributed by atoms with Crippen LogP contribution < -0.4 is 24.4 Å². The highest BCUT2D eigenvalue weighted by Crippen LogP contribution is 2.32. The van der Waals surface area contributed by atoms with E-state index in [-0.39, 0.29) is 18.3 Å². The van der Waals surface area contributed by atoms with E-state index in [9.17, 15) is 9.59 Å². The number of hydrogen-bond acceptors (Lipinski definition) is 7. The number of benzene rings is 2. The topological polar surface area (TPSA) is 79.1 Å². The van der Waals surface area contributed by atoms with Crippen molar-refractivity contribution in [3.8, 4) is 23.8 Å². The van der Waals surface area contributed by atoms with Gasteiger partial charge in [0, 0.05) is 5.02 Å². The first-order valence-corrected chi connectivity index (χ1v) is 13.2. The predicted molar refractivity (Wildman–Crippen MR) is 148 cm³/mol. The molecule has 0 saturated carbocycles. The first kappa shape index (κ1) is 27.2. The van der Waals surface area contributed by atoms with E-state index in [4.69, 9.17) is 32.2 Å². The van der Waals surface area contributed by atoms with Crippen molar-refractivity contribution in [2.75, 3.05) is 13.2 Å². The zero-order valence-electron chi connectivity index (χ0n) is 21.5. The molecule has 0 fully saturated rings. The van der Waals surface area contributed by atoms with Crippen molar-refractivity contribution >= 4 is 35.0 Å². The third-order valence-corrected chi connectivity index (χ3v) is 6.88. The number of carbonyl (C=O) groups excluding carboxylic acids is 1. The maximum absolute atomic E-state index is 13.8. The average Bonchev–Trinajstić information content (AvgIpc) is 3.17. The van der Waals surface area contributed by atoms with Crippen LogP contribution >= 0.6 is 22.9 Å². The van der Waals surface area contributed by atoms with Gasteiger partial charge in [0.25, 0.3) is 5.56 Å². The summed E-state index contributed by atoms with van der Waals surface area (Å²) >= 11 is 7.37. The molecule has 38 heavy (non-hydrogen) atoms. The molecule has 3 aromatic rings. The van der Waals surface area contributed by atoms with Gasteiger partial charge in [-0.15, -0.1) is 6.42 Å². The van der Waals surface area contributed by atoms with Crippen LogP contribution in [0.2, 0.25) is 5.02 Å². The van der Waals surface area contributed by atoms with Gasteiger partial charge >= 0.3 is 5.97 Å². The molecule has 1 aliphatic heterocycles. The number of thiazole rings is 1. The first-order valence-electron chi connectivity index (χ1n) is 12.1. The third-order valence-electron chi connectivity index (χ3n) is 5.65. The summed E-state index contributed by atoms with van der Waals surface area (Å²) in [6.07, 6.45) is 6.75. The summed E-state index contributed by atoms with van der Waals surface area (Å²) in [6, 6.07) is 11.7. The number of esters is 1. The Morgan fingerprint density at radius 1 is 1.21 bits per heavy atom. The van der Waals surface area contributed by atoms with Gasteiger partial charge in [0.15, 0.2) is 16.3 Å². The minimum absolute atomic E-state index is 0.115. The molecule has 4 rings (SSSR count). The maximum Gasteiger partial charge on any atom is 0.338 e. The summed E-state index contributed by atoms with van der Waals surface area (Å²) in [6.45, 7) is 7.73. The third kappa shape index (κ3) is 5.69. The second kappa shape index (κ2) is 11.7. The number of aromatic nitrogens is 1. The number of nitrogens with zero attached hydrogens (tertiary/aromatic N) is 2. The maximum atomic E-state index is 13.8. The Kier molecular flexibility index (Phi) is 8.40. The zero-order chi connectivity index (χ0) is 27.4. The molecule has 0 bridgehead atoms. The second-order valence-corrected chi connectivity index (χ2v) is 10.2. The largest absolute Gasteiger partial charge is 0.490 e. The van der Waals surface area contributed by atoms with E-state index < -0.39 is 12.0 Å². The molecule has 0 spiro atoms. The van der Waals surface area contributed by atoms with Crippen molar-refractivity contribution < 1.29 is 19.0 Å². The van der Waals surface area contributed by atoms with Gasteiger partial charge in [0.2, 0.25) is 0 Å². The van der Waals surface area contributed by atoms with E-state index in [0.717, 1.165) is 11.1 Å². The molecule has 2 aromatic carbocycles. The lowest BCUT2D eigenvalue weighted by molar-refractivity contribution is -0.143. The Morgan fingerprint density at radius 2 is 1.95 bits per heavy atom. The molecule has 1 aliphatic rings. The Bertz CT molecular complexity index is 1610. The van der Waals surface area contributed by atoms with Gasteiger partial charge < -0.3 is 14.2 Å². The van der Waals surface area contributed by atoms with Crippen LogP contribution in [0, 0.1) is 12.3 Å². The smallest absolute Gasteiger partial charge is 0.338 e. The SMILES string of the molecule is C#CCOc1ccc(C=c2sc3n(c2=O)C(c2ccc(Cl)cc2)C(C(=O)OC(C)C)=C(C)N=3)cc1OCC. The van der Waals surface area contributed by atoms with Crippen LogP contribution in [-0.2, 0) is 9.53 Å². The lowest BCUT2D eigenvalue weighted by Crippen LogP contribution is -2.40. The summed E-state index contributed by atoms with van der Waals surface area (Å²) in [7, 11) is 0. The van der Waals surface area contributed by atoms with E-state index in [1.807, 2.05) is 13.0 Å². The van der Waals surface area contributed by atoms with E-state index >= 15 is 0 Å². The number of ether oxygens (including phenoxy) is 3. The molecule has 1 unspecified atom stereocenters. The molecule has 0 N–H and O–H groups in total. The summed E-state index contributed by atoms with van der Waals surface area (Å²) in [5.41, 5.74) is 2.00. The standard InChI is InChI=1S/C29H27ClN2O5S/c1-6-14-36-22-13-8-19(15-23(22)35-7-2)16-24-27(33)32-26(20-9-11-21(30)12-10-20)25(28(34)37-17(3)4)18(5)31-29(32)38-24/h1,8-13,15-17,26H,7,14H2,2-5H3. The molecule has 1 atom stereocenters. The monoisotopic (exact) mass is 550 g/mol. The van der Waals surface area contributed by atoms with Crippen LogP contribution in [0.4, 0.5) is 0 Å². The van der Waals surface area contributed by atoms with Gasteiger partial charge in [0.1, 0.15) is 6.61 Å². The first-order chi connectivity index (χ1) is 18.2. The van der Waals surface area contributed by atoms with Crippen molar-refractivity contribution in [2.24, 2.45) is 4.99 Å². The molecule has 2 heterocycles. The number of hydrogen-bond donors (Lipinski definition) is 0. The van der Waals surface area contributed by atoms with Crippen molar-refractivity contribution in [2.45, 2.75) is 39.8 Å². The van der Waals surface area contributed by atoms with Gasteiger partial charge in [-0.05, 0) is 69.2 Å². The van der Waals surface area contributed by atoms with Gasteiger partial charge in [-0.25, -0.2) is 9.79 Å². The number of halogens is 1. The molecule has 7 nitrogen and oxygen atoms in total. The number of terminal acetylenes is 1. The second-order valence-electron chi connectivity index (χ2n) is 8.72. The van der Waals surface area contributed by atoms with Crippen LogP contribution in [0.3, 0.4) is 0 Å². The minimum Gasteiger partial charge on any atom is -0.490 e. The molecule has 0 aliphatic carbocycles. The van der Waals surface area contributed by atoms with Gasteiger partial charge in [0.05, 0.1) is 34.6 Å². The Morgan fingerprint density at radius 3 is 2.61 bits per heavy atom. The van der Waals surface area contributed by atoms with Crippen LogP contribution in [0.25, 0.3) is 6.08 Å². The highest BCUT2D eigenvalue weighted by molar-refractivity contribution is 7.07. The molecular formula is C29H27ClN2O5S. The quantitative estimate of drug-likeness (QED) is 0.309. The van der Waals surface area contributed by atoms with E-state index in [2.05, 4.69) is 10.9 Å². The fraction of sp³-hybridized carbons (Fsp3) is 0.276. The molecule has 0 saturated heterocycles. The predicted octanol–water partition coefficient (Wildman–Crippen LogP) is 4.25. The van der Waals surface area contributed by atoms with Gasteiger partial charge in [-0.1, -0.05) is 47.1 Å². The summed E-state index contributed by atoms with van der Waals surface area (Å²) in [4.78, 5) is 32.1. The fourth-order valence-corrected chi connectivity index (χ4v) is 5.27. The summed E-state index contributed by atoms with van der Waals surface area (Å²) in [5.74, 6) is 2.97. The zero-order valence-corrected chi connectivity index (χ0v) is 23.1. The van der Waals surface area contributed by atoms with E-state index in [1.165, 1.54) is 15.9 Å². The van der Waals surface area contributed by atoms with E-state index in [1.54, 1.807) is 63.2 Å². The van der Waals surface area contributed by atoms with Crippen molar-refractivity contribution in [3.05, 3.63) is 89.6 Å². The molecule has 0 amide bonds. The lowest BCUT2D eigenvalue weighted by atomic mass is 9.96. The van der Waals surface area contributed by atoms with Gasteiger partial charge in [-0.3, -0.25) is 9.36 Å². The van der Waals surface area contributed by atoms with Crippen LogP contribution in [0.5, 0.6) is 11.5 Å². The molecular weight excluding hydrogens is 524 g/mol. The summed E-state index contributed by atoms with van der Waals surface area (Å²) in [5, 5.41) is 0.549. The van der Waals surface area contributed by atoms with Crippen LogP contribution in [-0.4, -0.2) is 29.9 Å². The average molecular weight is 551 g/mol. The van der Waals surface area contributed by atoms with Crippen LogP contribution in [0.1, 0.15) is 44.9 Å². The molecule has 196 valence electrons. The Labute approximate surface area is 229 Å².